The van der Waals surface area contributed by atoms with E-state index in [2.05, 4.69) is 0 Å². The zero-order valence-corrected chi connectivity index (χ0v) is 18.4. The highest BCUT2D eigenvalue weighted by Crippen LogP contribution is 2.55. The van der Waals surface area contributed by atoms with Gasteiger partial charge in [0, 0.05) is 23.3 Å². The van der Waals surface area contributed by atoms with E-state index in [1.165, 1.54) is 6.08 Å². The molecule has 3 aliphatic carbocycles. The Morgan fingerprint density at radius 3 is 2.59 bits per heavy atom. The lowest BCUT2D eigenvalue weighted by molar-refractivity contribution is -0.142. The second kappa shape index (κ2) is 8.02. The number of carboxylic acid groups (broad SMARTS) is 1. The van der Waals surface area contributed by atoms with E-state index in [0.29, 0.717) is 28.2 Å². The molecule has 5 rings (SSSR count). The van der Waals surface area contributed by atoms with Crippen LogP contribution in [0.1, 0.15) is 43.6 Å². The van der Waals surface area contributed by atoms with Crippen molar-refractivity contribution in [2.75, 3.05) is 6.54 Å². The van der Waals surface area contributed by atoms with Gasteiger partial charge in [0.05, 0.1) is 24.2 Å². The smallest absolute Gasteiger partial charge is 0.305 e. The highest BCUT2D eigenvalue weighted by Gasteiger charge is 2.56. The molecule has 1 fully saturated rings. The molecule has 0 bridgehead atoms. The average molecular weight is 465 g/mol. The third-order valence-corrected chi connectivity index (χ3v) is 7.33. The number of nitrogens with zero attached hydrogens (tertiary/aromatic N) is 1. The number of likely N-dealkylation sites (tertiary alicyclic amines) is 1. The van der Waals surface area contributed by atoms with Crippen molar-refractivity contribution < 1.29 is 38.6 Å². The standard InChI is InChI=1S/C25H23NO8/c1-11-8-17(28)21-16(23(11)31)9-15-13(22(21)18-5-2-12(10-27)34-18)3-4-14-20(15)25(33)26(24(14)32)7-6-19(29)30/h2-3,5,8,14-15,20,22,27H,4,6-7,9-10H2,1H3,(H,29,30). The molecular formula is C25H23NO8. The Balaban J connectivity index is 1.60. The summed E-state index contributed by atoms with van der Waals surface area (Å²) in [5, 5.41) is 18.5. The molecule has 4 unspecified atom stereocenters. The number of amides is 2. The van der Waals surface area contributed by atoms with Crippen LogP contribution in [-0.2, 0) is 30.6 Å². The quantitative estimate of drug-likeness (QED) is 0.380. The minimum absolute atomic E-state index is 0.147. The molecule has 0 radical (unpaired) electrons. The number of fused-ring (bicyclic) bond motifs is 3. The minimum atomic E-state index is -1.10. The lowest BCUT2D eigenvalue weighted by atomic mass is 9.60. The molecule has 0 saturated carbocycles. The summed E-state index contributed by atoms with van der Waals surface area (Å²) in [5.41, 5.74) is 1.70. The summed E-state index contributed by atoms with van der Waals surface area (Å²) < 4.78 is 5.79. The summed E-state index contributed by atoms with van der Waals surface area (Å²) in [6.07, 6.45) is 3.25. The van der Waals surface area contributed by atoms with Crippen molar-refractivity contribution in [2.45, 2.75) is 38.7 Å². The molecule has 0 spiro atoms. The van der Waals surface area contributed by atoms with Crippen LogP contribution in [0.4, 0.5) is 0 Å². The number of carbonyl (C=O) groups is 5. The summed E-state index contributed by atoms with van der Waals surface area (Å²) in [6, 6.07) is 3.25. The molecule has 1 aromatic heterocycles. The number of furan rings is 1. The number of carboxylic acids is 1. The minimum Gasteiger partial charge on any atom is -0.481 e. The Hall–Kier alpha value is -3.59. The third-order valence-electron chi connectivity index (χ3n) is 7.33. The van der Waals surface area contributed by atoms with E-state index in [1.807, 2.05) is 6.08 Å². The Bertz CT molecular complexity index is 1250. The molecule has 2 N–H and O–H groups in total. The first kappa shape index (κ1) is 22.2. The number of rotatable bonds is 5. The molecule has 0 aromatic carbocycles. The molecule has 1 aliphatic heterocycles. The number of allylic oxidation sites excluding steroid dienone is 6. The van der Waals surface area contributed by atoms with Crippen molar-refractivity contribution in [1.82, 2.24) is 4.90 Å². The van der Waals surface area contributed by atoms with E-state index in [4.69, 9.17) is 9.52 Å². The van der Waals surface area contributed by atoms with Crippen molar-refractivity contribution in [3.8, 4) is 0 Å². The van der Waals surface area contributed by atoms with Gasteiger partial charge in [-0.1, -0.05) is 11.6 Å². The van der Waals surface area contributed by atoms with Crippen LogP contribution in [0.25, 0.3) is 0 Å². The van der Waals surface area contributed by atoms with Gasteiger partial charge in [-0.25, -0.2) is 0 Å². The molecule has 34 heavy (non-hydrogen) atoms. The molecule has 1 saturated heterocycles. The Morgan fingerprint density at radius 1 is 1.15 bits per heavy atom. The normalized spacial score (nSPS) is 28.5. The fourth-order valence-corrected chi connectivity index (χ4v) is 5.84. The van der Waals surface area contributed by atoms with Gasteiger partial charge in [0.15, 0.2) is 11.6 Å². The zero-order chi connectivity index (χ0) is 24.3. The number of ketones is 2. The number of hydrogen-bond acceptors (Lipinski definition) is 7. The average Bonchev–Trinajstić information content (AvgIpc) is 3.37. The van der Waals surface area contributed by atoms with Gasteiger partial charge in [-0.05, 0) is 43.9 Å². The molecule has 176 valence electrons. The maximum absolute atomic E-state index is 13.3. The molecule has 9 heteroatoms. The maximum atomic E-state index is 13.3. The van der Waals surface area contributed by atoms with Crippen LogP contribution in [-0.4, -0.2) is 51.0 Å². The summed E-state index contributed by atoms with van der Waals surface area (Å²) in [7, 11) is 0. The van der Waals surface area contributed by atoms with Crippen LogP contribution in [0.3, 0.4) is 0 Å². The molecule has 1 aromatic rings. The van der Waals surface area contributed by atoms with E-state index in [0.717, 1.165) is 10.5 Å². The van der Waals surface area contributed by atoms with Crippen LogP contribution in [0.5, 0.6) is 0 Å². The SMILES string of the molecule is CC1=CC(=O)C2=C(CC3C(=CCC4C(=O)N(CCC(=O)O)C(=O)C43)C2c2ccc(CO)o2)C1=O. The number of hydrogen-bond donors (Lipinski definition) is 2. The fourth-order valence-electron chi connectivity index (χ4n) is 5.84. The number of Topliss-reactive ketones (excluding diaryl/α,β-unsaturated/α-hetero) is 1. The molecular weight excluding hydrogens is 442 g/mol. The van der Waals surface area contributed by atoms with Gasteiger partial charge in [-0.15, -0.1) is 0 Å². The predicted octanol–water partition coefficient (Wildman–Crippen LogP) is 1.68. The van der Waals surface area contributed by atoms with Gasteiger partial charge in [-0.3, -0.25) is 28.9 Å². The second-order valence-corrected chi connectivity index (χ2v) is 9.16. The zero-order valence-electron chi connectivity index (χ0n) is 18.4. The van der Waals surface area contributed by atoms with Crippen molar-refractivity contribution in [3.63, 3.8) is 0 Å². The van der Waals surface area contributed by atoms with Gasteiger partial charge in [0.2, 0.25) is 11.8 Å². The molecule has 4 aliphatic rings. The topological polar surface area (TPSA) is 142 Å². The van der Waals surface area contributed by atoms with Gasteiger partial charge in [-0.2, -0.15) is 0 Å². The first-order valence-electron chi connectivity index (χ1n) is 11.2. The summed E-state index contributed by atoms with van der Waals surface area (Å²) in [4.78, 5) is 64.5. The predicted molar refractivity (Wildman–Crippen MR) is 115 cm³/mol. The van der Waals surface area contributed by atoms with Crippen LogP contribution in [0.2, 0.25) is 0 Å². The maximum Gasteiger partial charge on any atom is 0.305 e. The van der Waals surface area contributed by atoms with Crippen molar-refractivity contribution in [3.05, 3.63) is 58.1 Å². The Kier molecular flexibility index (Phi) is 5.24. The van der Waals surface area contributed by atoms with E-state index in [1.54, 1.807) is 19.1 Å². The van der Waals surface area contributed by atoms with Gasteiger partial charge in [0.1, 0.15) is 18.1 Å². The lowest BCUT2D eigenvalue weighted by Gasteiger charge is -2.41. The van der Waals surface area contributed by atoms with E-state index >= 15 is 0 Å². The number of aliphatic hydroxyl groups excluding tert-OH is 1. The number of imide groups is 1. The Morgan fingerprint density at radius 2 is 1.91 bits per heavy atom. The Labute approximate surface area is 194 Å². The van der Waals surface area contributed by atoms with Gasteiger partial charge < -0.3 is 14.6 Å². The second-order valence-electron chi connectivity index (χ2n) is 9.16. The monoisotopic (exact) mass is 465 g/mol. The van der Waals surface area contributed by atoms with E-state index in [-0.39, 0.29) is 44.0 Å². The molecule has 2 amide bonds. The van der Waals surface area contributed by atoms with Crippen molar-refractivity contribution in [2.24, 2.45) is 17.8 Å². The number of aliphatic carboxylic acids is 1. The van der Waals surface area contributed by atoms with E-state index < -0.39 is 41.5 Å². The van der Waals surface area contributed by atoms with Crippen LogP contribution >= 0.6 is 0 Å². The highest BCUT2D eigenvalue weighted by atomic mass is 16.4. The number of carbonyl (C=O) groups excluding carboxylic acids is 4. The molecule has 9 nitrogen and oxygen atoms in total. The first-order chi connectivity index (χ1) is 16.2. The van der Waals surface area contributed by atoms with Gasteiger partial charge in [0.25, 0.3) is 0 Å². The summed E-state index contributed by atoms with van der Waals surface area (Å²) >= 11 is 0. The highest BCUT2D eigenvalue weighted by molar-refractivity contribution is 6.23. The third kappa shape index (κ3) is 3.22. The van der Waals surface area contributed by atoms with Crippen LogP contribution in [0.15, 0.2) is 51.0 Å². The van der Waals surface area contributed by atoms with Crippen molar-refractivity contribution in [1.29, 1.82) is 0 Å². The van der Waals surface area contributed by atoms with E-state index in [9.17, 15) is 29.1 Å². The fraction of sp³-hybridized carbons (Fsp3) is 0.400. The van der Waals surface area contributed by atoms with Gasteiger partial charge >= 0.3 is 5.97 Å². The number of aliphatic hydroxyl groups is 1. The van der Waals surface area contributed by atoms with Crippen LogP contribution in [0, 0.1) is 17.8 Å². The molecule has 4 atom stereocenters. The summed E-state index contributed by atoms with van der Waals surface area (Å²) in [6.45, 7) is 1.04. The van der Waals surface area contributed by atoms with Crippen LogP contribution < -0.4 is 0 Å². The largest absolute Gasteiger partial charge is 0.481 e. The lowest BCUT2D eigenvalue weighted by Crippen LogP contribution is -2.39. The van der Waals surface area contributed by atoms with Crippen molar-refractivity contribution >= 4 is 29.4 Å². The molecule has 2 heterocycles. The summed E-state index contributed by atoms with van der Waals surface area (Å²) in [5.74, 6) is -4.38. The first-order valence-corrected chi connectivity index (χ1v) is 11.2.